The molecule has 0 fully saturated rings. The first kappa shape index (κ1) is 21.9. The summed E-state index contributed by atoms with van der Waals surface area (Å²) in [6.45, 7) is 0. The molecule has 166 valence electrons. The van der Waals surface area contributed by atoms with Gasteiger partial charge >= 0.3 is 6.18 Å². The number of benzene rings is 2. The molecule has 0 spiro atoms. The molecule has 32 heavy (non-hydrogen) atoms. The van der Waals surface area contributed by atoms with E-state index in [2.05, 4.69) is 23.5 Å². The number of nitrogens with one attached hydrogen (secondary N) is 2. The Kier molecular flexibility index (Phi) is 6.17. The predicted octanol–water partition coefficient (Wildman–Crippen LogP) is 4.99. The average molecular weight is 440 g/mol. The van der Waals surface area contributed by atoms with E-state index in [1.807, 2.05) is 30.3 Å². The third kappa shape index (κ3) is 4.77. The number of rotatable bonds is 5. The number of carbonyl (C=O) groups excluding carboxylic acids is 1. The van der Waals surface area contributed by atoms with E-state index in [0.29, 0.717) is 12.5 Å². The number of halogens is 3. The Hall–Kier alpha value is -3.35. The monoisotopic (exact) mass is 440 g/mol. The van der Waals surface area contributed by atoms with Gasteiger partial charge in [0.05, 0.1) is 6.04 Å². The number of H-pyrrole nitrogens is 1. The molecule has 1 atom stereocenters. The predicted molar refractivity (Wildman–Crippen MR) is 116 cm³/mol. The van der Waals surface area contributed by atoms with Crippen LogP contribution >= 0.6 is 0 Å². The van der Waals surface area contributed by atoms with Crippen LogP contribution in [0.1, 0.15) is 57.2 Å². The third-order valence-electron chi connectivity index (χ3n) is 5.89. The minimum absolute atomic E-state index is 0.287. The van der Waals surface area contributed by atoms with Crippen LogP contribution in [0.3, 0.4) is 0 Å². The topological polar surface area (TPSA) is 62.0 Å². The molecule has 2 aromatic carbocycles. The van der Waals surface area contributed by atoms with Crippen molar-refractivity contribution in [2.24, 2.45) is 0 Å². The molecular weight excluding hydrogens is 417 g/mol. The second-order valence-electron chi connectivity index (χ2n) is 8.00. The molecule has 7 heteroatoms. The third-order valence-corrected chi connectivity index (χ3v) is 5.89. The van der Waals surface area contributed by atoms with E-state index in [1.54, 1.807) is 4.98 Å². The maximum absolute atomic E-state index is 12.8. The fourth-order valence-electron chi connectivity index (χ4n) is 4.29. The minimum atomic E-state index is -4.67. The van der Waals surface area contributed by atoms with Crippen molar-refractivity contribution in [1.82, 2.24) is 10.3 Å². The SMILES string of the molecule is O=C(NC1CCCc2c(CCc3ccccc3)cccc21)c1ccc(C(F)(F)F)[nH]c1=O. The highest BCUT2D eigenvalue weighted by molar-refractivity contribution is 5.94. The van der Waals surface area contributed by atoms with Crippen molar-refractivity contribution in [2.45, 2.75) is 44.3 Å². The number of fused-ring (bicyclic) bond motifs is 1. The zero-order valence-corrected chi connectivity index (χ0v) is 17.3. The molecule has 0 saturated heterocycles. The standard InChI is InChI=1S/C25H23F3N2O2/c26-25(27,28)22-15-14-20(24(32)30-22)23(31)29-21-11-5-9-18-17(8-4-10-19(18)21)13-12-16-6-2-1-3-7-16/h1-4,6-8,10,14-15,21H,5,9,11-13H2,(H,29,31)(H,30,32). The van der Waals surface area contributed by atoms with Gasteiger partial charge in [0, 0.05) is 0 Å². The molecule has 4 nitrogen and oxygen atoms in total. The van der Waals surface area contributed by atoms with Gasteiger partial charge in [-0.3, -0.25) is 9.59 Å². The maximum atomic E-state index is 12.8. The molecule has 1 amide bonds. The van der Waals surface area contributed by atoms with E-state index >= 15 is 0 Å². The van der Waals surface area contributed by atoms with Crippen molar-refractivity contribution in [2.75, 3.05) is 0 Å². The van der Waals surface area contributed by atoms with Gasteiger partial charge in [0.15, 0.2) is 0 Å². The number of aromatic nitrogens is 1. The summed E-state index contributed by atoms with van der Waals surface area (Å²) >= 11 is 0. The average Bonchev–Trinajstić information content (AvgIpc) is 2.78. The maximum Gasteiger partial charge on any atom is 0.431 e. The van der Waals surface area contributed by atoms with Crippen LogP contribution in [0.15, 0.2) is 65.5 Å². The minimum Gasteiger partial charge on any atom is -0.345 e. The quantitative estimate of drug-likeness (QED) is 0.588. The van der Waals surface area contributed by atoms with E-state index < -0.39 is 23.3 Å². The molecule has 1 aliphatic rings. The Morgan fingerprint density at radius 1 is 1.00 bits per heavy atom. The summed E-state index contributed by atoms with van der Waals surface area (Å²) in [7, 11) is 0. The molecule has 3 aromatic rings. The van der Waals surface area contributed by atoms with Crippen LogP contribution < -0.4 is 10.9 Å². The summed E-state index contributed by atoms with van der Waals surface area (Å²) in [5, 5.41) is 2.85. The Morgan fingerprint density at radius 2 is 1.78 bits per heavy atom. The molecule has 1 aromatic heterocycles. The van der Waals surface area contributed by atoms with Crippen LogP contribution in [0.25, 0.3) is 0 Å². The van der Waals surface area contributed by atoms with Crippen LogP contribution in [0.4, 0.5) is 13.2 Å². The summed E-state index contributed by atoms with van der Waals surface area (Å²) in [5.41, 5.74) is 2.16. The van der Waals surface area contributed by atoms with Gasteiger partial charge in [0.1, 0.15) is 11.3 Å². The first-order chi connectivity index (χ1) is 15.3. The number of aromatic amines is 1. The first-order valence-corrected chi connectivity index (χ1v) is 10.6. The Morgan fingerprint density at radius 3 is 2.50 bits per heavy atom. The normalized spacial score (nSPS) is 15.8. The lowest BCUT2D eigenvalue weighted by molar-refractivity contribution is -0.141. The number of carbonyl (C=O) groups is 1. The van der Waals surface area contributed by atoms with Gasteiger partial charge in [-0.1, -0.05) is 48.5 Å². The van der Waals surface area contributed by atoms with E-state index in [-0.39, 0.29) is 11.6 Å². The van der Waals surface area contributed by atoms with Gasteiger partial charge in [0.2, 0.25) is 0 Å². The number of aryl methyl sites for hydroxylation is 2. The van der Waals surface area contributed by atoms with Crippen LogP contribution in [0, 0.1) is 0 Å². The van der Waals surface area contributed by atoms with Crippen molar-refractivity contribution >= 4 is 5.91 Å². The number of amides is 1. The molecule has 0 radical (unpaired) electrons. The van der Waals surface area contributed by atoms with E-state index in [0.717, 1.165) is 37.3 Å². The van der Waals surface area contributed by atoms with E-state index in [4.69, 9.17) is 0 Å². The Labute approximate surface area is 183 Å². The van der Waals surface area contributed by atoms with E-state index in [1.165, 1.54) is 16.7 Å². The lowest BCUT2D eigenvalue weighted by atomic mass is 9.83. The van der Waals surface area contributed by atoms with Crippen LogP contribution in [0.2, 0.25) is 0 Å². The summed E-state index contributed by atoms with van der Waals surface area (Å²) < 4.78 is 38.3. The highest BCUT2D eigenvalue weighted by atomic mass is 19.4. The van der Waals surface area contributed by atoms with Gasteiger partial charge in [-0.25, -0.2) is 0 Å². The molecule has 0 bridgehead atoms. The zero-order chi connectivity index (χ0) is 22.7. The molecular formula is C25H23F3N2O2. The highest BCUT2D eigenvalue weighted by Crippen LogP contribution is 2.33. The van der Waals surface area contributed by atoms with Crippen molar-refractivity contribution in [3.63, 3.8) is 0 Å². The van der Waals surface area contributed by atoms with Crippen molar-refractivity contribution < 1.29 is 18.0 Å². The van der Waals surface area contributed by atoms with Crippen LogP contribution in [0.5, 0.6) is 0 Å². The number of pyridine rings is 1. The number of hydrogen-bond donors (Lipinski definition) is 2. The summed E-state index contributed by atoms with van der Waals surface area (Å²) in [5.74, 6) is -0.674. The van der Waals surface area contributed by atoms with Crippen LogP contribution in [-0.4, -0.2) is 10.9 Å². The largest absolute Gasteiger partial charge is 0.431 e. The van der Waals surface area contributed by atoms with E-state index in [9.17, 15) is 22.8 Å². The summed E-state index contributed by atoms with van der Waals surface area (Å²) in [6, 6.07) is 17.6. The molecule has 2 N–H and O–H groups in total. The lowest BCUT2D eigenvalue weighted by Crippen LogP contribution is -2.35. The molecule has 1 heterocycles. The van der Waals surface area contributed by atoms with Crippen molar-refractivity contribution in [3.8, 4) is 0 Å². The van der Waals surface area contributed by atoms with Gasteiger partial charge < -0.3 is 10.3 Å². The Balaban J connectivity index is 1.52. The fraction of sp³-hybridized carbons (Fsp3) is 0.280. The smallest absolute Gasteiger partial charge is 0.345 e. The Bertz CT molecular complexity index is 1170. The molecule has 1 aliphatic carbocycles. The molecule has 0 saturated carbocycles. The van der Waals surface area contributed by atoms with Gasteiger partial charge in [-0.2, -0.15) is 13.2 Å². The lowest BCUT2D eigenvalue weighted by Gasteiger charge is -2.28. The van der Waals surface area contributed by atoms with Gasteiger partial charge in [-0.15, -0.1) is 0 Å². The van der Waals surface area contributed by atoms with Crippen molar-refractivity contribution in [1.29, 1.82) is 0 Å². The molecule has 1 unspecified atom stereocenters. The molecule has 0 aliphatic heterocycles. The van der Waals surface area contributed by atoms with Crippen LogP contribution in [-0.2, 0) is 25.4 Å². The zero-order valence-electron chi connectivity index (χ0n) is 17.3. The first-order valence-electron chi connectivity index (χ1n) is 10.6. The van der Waals surface area contributed by atoms with Crippen molar-refractivity contribution in [3.05, 3.63) is 105 Å². The van der Waals surface area contributed by atoms with Gasteiger partial charge in [0.25, 0.3) is 11.5 Å². The molecule has 4 rings (SSSR count). The second kappa shape index (κ2) is 9.02. The fourth-order valence-corrected chi connectivity index (χ4v) is 4.29. The van der Waals surface area contributed by atoms with Gasteiger partial charge in [-0.05, 0) is 66.5 Å². The highest BCUT2D eigenvalue weighted by Gasteiger charge is 2.32. The second-order valence-corrected chi connectivity index (χ2v) is 8.00. The number of alkyl halides is 3. The summed E-state index contributed by atoms with van der Waals surface area (Å²) in [6.07, 6.45) is -0.384. The number of hydrogen-bond acceptors (Lipinski definition) is 2. The summed E-state index contributed by atoms with van der Waals surface area (Å²) in [4.78, 5) is 26.5.